The number of esters is 2. The molecule has 4 rings (SSSR count). The number of alkyl halides is 2. The van der Waals surface area contributed by atoms with Gasteiger partial charge in [0.1, 0.15) is 18.1 Å². The van der Waals surface area contributed by atoms with E-state index in [0.29, 0.717) is 25.8 Å². The number of cyclic esters (lactones) is 1. The number of nitrogens with one attached hydrogen (secondary N) is 1. The summed E-state index contributed by atoms with van der Waals surface area (Å²) in [6.07, 6.45) is -3.25. The first-order valence-corrected chi connectivity index (χ1v) is 17.7. The van der Waals surface area contributed by atoms with Crippen molar-refractivity contribution in [1.29, 1.82) is 0 Å². The first-order valence-electron chi connectivity index (χ1n) is 17.7. The number of Topliss-reactive ketones (excluding diaryl/α,β-unsaturated/α-hetero) is 1. The fourth-order valence-electron chi connectivity index (χ4n) is 8.46. The fourth-order valence-corrected chi connectivity index (χ4v) is 8.46. The Morgan fingerprint density at radius 3 is 2.33 bits per heavy atom. The summed E-state index contributed by atoms with van der Waals surface area (Å²) in [5.41, 5.74) is -2.18. The lowest BCUT2D eigenvalue weighted by molar-refractivity contribution is -0.301. The summed E-state index contributed by atoms with van der Waals surface area (Å²) in [5.74, 6) is -6.68. The lowest BCUT2D eigenvalue weighted by Gasteiger charge is -2.48. The Morgan fingerprint density at radius 2 is 1.76 bits per heavy atom. The van der Waals surface area contributed by atoms with E-state index >= 15 is 0 Å². The lowest BCUT2D eigenvalue weighted by Crippen LogP contribution is -2.63. The lowest BCUT2D eigenvalue weighted by atomic mass is 9.78. The Kier molecular flexibility index (Phi) is 12.6. The van der Waals surface area contributed by atoms with Crippen LogP contribution < -0.4 is 5.32 Å². The standard InChI is InChI=1S/C35H59F2N3O9/c1-11-26-34(7)24(13-27(41)49-34)22(5)38-15-19(2)14-33(6,45-10)30(20(3)28(42)21(4)31(44)47-26)48-32-29(43)25(39(8)9)12-23(46-32)16-40-17-35(36,37)18-40/h19-26,29-30,32,38,43H,11-18H2,1-10H3/t19-,20+,21?,22-,23?,24-,25?,26-,29?,30-,32?,33-,34+/m1/s1. The predicted octanol–water partition coefficient (Wildman–Crippen LogP) is 2.64. The van der Waals surface area contributed by atoms with Crippen LogP contribution in [0.1, 0.15) is 74.1 Å². The number of ketones is 1. The Bertz CT molecular complexity index is 1190. The van der Waals surface area contributed by atoms with Crippen LogP contribution in [-0.4, -0.2) is 140 Å². The van der Waals surface area contributed by atoms with E-state index in [1.807, 2.05) is 46.7 Å². The summed E-state index contributed by atoms with van der Waals surface area (Å²) in [7, 11) is 5.18. The molecule has 2 N–H and O–H groups in total. The number of halogens is 2. The molecular formula is C35H59F2N3O9. The van der Waals surface area contributed by atoms with Crippen molar-refractivity contribution in [2.45, 2.75) is 134 Å². The van der Waals surface area contributed by atoms with Crippen LogP contribution in [0.4, 0.5) is 8.78 Å². The smallest absolute Gasteiger partial charge is 0.316 e. The Labute approximate surface area is 289 Å². The highest BCUT2D eigenvalue weighted by Crippen LogP contribution is 2.42. The van der Waals surface area contributed by atoms with Crippen LogP contribution in [0.5, 0.6) is 0 Å². The first kappa shape index (κ1) is 40.0. The summed E-state index contributed by atoms with van der Waals surface area (Å²) in [4.78, 5) is 43.9. The van der Waals surface area contributed by atoms with Gasteiger partial charge in [0.25, 0.3) is 5.92 Å². The largest absolute Gasteiger partial charge is 0.458 e. The van der Waals surface area contributed by atoms with E-state index in [0.717, 1.165) is 0 Å². The van der Waals surface area contributed by atoms with E-state index in [4.69, 9.17) is 23.7 Å². The molecular weight excluding hydrogens is 644 g/mol. The fraction of sp³-hybridized carbons (Fsp3) is 0.914. The molecule has 4 heterocycles. The molecule has 0 radical (unpaired) electrons. The number of aliphatic hydroxyl groups is 1. The van der Waals surface area contributed by atoms with Crippen molar-refractivity contribution in [3.63, 3.8) is 0 Å². The van der Waals surface area contributed by atoms with E-state index in [9.17, 15) is 28.3 Å². The van der Waals surface area contributed by atoms with Gasteiger partial charge in [-0.25, -0.2) is 8.78 Å². The van der Waals surface area contributed by atoms with Crippen LogP contribution in [-0.2, 0) is 38.1 Å². The van der Waals surface area contributed by atoms with Crippen molar-refractivity contribution in [3.8, 4) is 0 Å². The number of likely N-dealkylation sites (N-methyl/N-ethyl adjacent to an activating group) is 1. The van der Waals surface area contributed by atoms with Gasteiger partial charge in [0.15, 0.2) is 17.7 Å². The molecule has 4 saturated heterocycles. The number of hydrogen-bond donors (Lipinski definition) is 2. The van der Waals surface area contributed by atoms with Crippen molar-refractivity contribution in [2.75, 3.05) is 47.4 Å². The molecule has 0 aromatic heterocycles. The maximum atomic E-state index is 14.2. The maximum absolute atomic E-state index is 14.2. The highest BCUT2D eigenvalue weighted by Gasteiger charge is 2.55. The van der Waals surface area contributed by atoms with E-state index < -0.39 is 77.5 Å². The minimum Gasteiger partial charge on any atom is -0.458 e. The molecule has 0 bridgehead atoms. The number of carbonyl (C=O) groups excluding carboxylic acids is 3. The number of nitrogens with zero attached hydrogens (tertiary/aromatic N) is 2. The Balaban J connectivity index is 1.66. The van der Waals surface area contributed by atoms with Crippen LogP contribution in [0.15, 0.2) is 0 Å². The predicted molar refractivity (Wildman–Crippen MR) is 176 cm³/mol. The summed E-state index contributed by atoms with van der Waals surface area (Å²) in [6, 6.07) is -0.584. The highest BCUT2D eigenvalue weighted by molar-refractivity contribution is 6.00. The third kappa shape index (κ3) is 8.64. The number of hydrogen-bond acceptors (Lipinski definition) is 12. The highest BCUT2D eigenvalue weighted by atomic mass is 19.3. The van der Waals surface area contributed by atoms with Gasteiger partial charge in [-0.3, -0.25) is 19.3 Å². The summed E-state index contributed by atoms with van der Waals surface area (Å²) < 4.78 is 58.2. The average Bonchev–Trinajstić information content (AvgIpc) is 3.33. The summed E-state index contributed by atoms with van der Waals surface area (Å²) in [6.45, 7) is 12.7. The zero-order chi connectivity index (χ0) is 36.6. The molecule has 12 nitrogen and oxygen atoms in total. The summed E-state index contributed by atoms with van der Waals surface area (Å²) in [5, 5.41) is 15.1. The van der Waals surface area contributed by atoms with Crippen LogP contribution in [0.25, 0.3) is 0 Å². The molecule has 0 amide bonds. The van der Waals surface area contributed by atoms with Crippen molar-refractivity contribution in [2.24, 2.45) is 23.7 Å². The number of methoxy groups -OCH3 is 1. The van der Waals surface area contributed by atoms with Gasteiger partial charge in [0, 0.05) is 37.6 Å². The zero-order valence-corrected chi connectivity index (χ0v) is 30.9. The van der Waals surface area contributed by atoms with Gasteiger partial charge in [-0.1, -0.05) is 20.8 Å². The maximum Gasteiger partial charge on any atom is 0.316 e. The minimum atomic E-state index is -2.73. The van der Waals surface area contributed by atoms with Crippen molar-refractivity contribution in [1.82, 2.24) is 15.1 Å². The second-order valence-electron chi connectivity index (χ2n) is 15.7. The molecule has 0 aliphatic carbocycles. The average molecular weight is 704 g/mol. The number of likely N-dealkylation sites (tertiary alicyclic amines) is 1. The van der Waals surface area contributed by atoms with Crippen molar-refractivity contribution in [3.05, 3.63) is 0 Å². The molecule has 49 heavy (non-hydrogen) atoms. The van der Waals surface area contributed by atoms with Gasteiger partial charge in [-0.05, 0) is 73.5 Å². The normalized spacial score (nSPS) is 44.4. The van der Waals surface area contributed by atoms with Crippen LogP contribution >= 0.6 is 0 Å². The van der Waals surface area contributed by atoms with Gasteiger partial charge >= 0.3 is 11.9 Å². The van der Waals surface area contributed by atoms with Gasteiger partial charge in [0.05, 0.1) is 37.3 Å². The van der Waals surface area contributed by atoms with Crippen LogP contribution in [0, 0.1) is 23.7 Å². The molecule has 0 spiro atoms. The minimum absolute atomic E-state index is 0.0139. The molecule has 13 atom stereocenters. The Hall–Kier alpha value is -1.81. The molecule has 5 unspecified atom stereocenters. The molecule has 14 heteroatoms. The number of rotatable bonds is 7. The van der Waals surface area contributed by atoms with E-state index in [2.05, 4.69) is 5.32 Å². The second-order valence-corrected chi connectivity index (χ2v) is 15.7. The molecule has 0 aromatic carbocycles. The van der Waals surface area contributed by atoms with E-state index in [1.165, 1.54) is 14.0 Å². The monoisotopic (exact) mass is 703 g/mol. The van der Waals surface area contributed by atoms with Gasteiger partial charge in [-0.2, -0.15) is 0 Å². The quantitative estimate of drug-likeness (QED) is 0.298. The van der Waals surface area contributed by atoms with Crippen molar-refractivity contribution >= 4 is 17.7 Å². The van der Waals surface area contributed by atoms with E-state index in [1.54, 1.807) is 18.7 Å². The number of aliphatic hydroxyl groups excluding tert-OH is 1. The number of fused-ring (bicyclic) bond motifs is 1. The third-order valence-corrected chi connectivity index (χ3v) is 11.4. The van der Waals surface area contributed by atoms with Gasteiger partial charge < -0.3 is 39.0 Å². The second kappa shape index (κ2) is 15.4. The number of ether oxygens (including phenoxy) is 5. The first-order chi connectivity index (χ1) is 22.7. The Morgan fingerprint density at radius 1 is 1.10 bits per heavy atom. The van der Waals surface area contributed by atoms with Gasteiger partial charge in [0.2, 0.25) is 0 Å². The SMILES string of the molecule is CC[C@H]1OC(=O)C(C)C(=O)[C@H](C)[C@@H](OC2OC(CN3CC(F)(F)C3)CC(N(C)C)C2O)[C@](C)(OC)C[C@@H](C)CN[C@H](C)[C@H]2CC(=O)O[C@@]21C. The molecule has 4 aliphatic rings. The molecule has 0 saturated carbocycles. The summed E-state index contributed by atoms with van der Waals surface area (Å²) >= 11 is 0. The van der Waals surface area contributed by atoms with Gasteiger partial charge in [-0.15, -0.1) is 0 Å². The topological polar surface area (TPSA) is 136 Å². The molecule has 4 fully saturated rings. The van der Waals surface area contributed by atoms with Crippen molar-refractivity contribution < 1.29 is 52.0 Å². The molecule has 282 valence electrons. The molecule has 4 aliphatic heterocycles. The van der Waals surface area contributed by atoms with Crippen LogP contribution in [0.3, 0.4) is 0 Å². The van der Waals surface area contributed by atoms with Crippen LogP contribution in [0.2, 0.25) is 0 Å². The third-order valence-electron chi connectivity index (χ3n) is 11.4. The van der Waals surface area contributed by atoms with E-state index in [-0.39, 0.29) is 49.9 Å². The molecule has 0 aromatic rings. The zero-order valence-electron chi connectivity index (χ0n) is 30.9. The number of carbonyl (C=O) groups is 3.